The van der Waals surface area contributed by atoms with Crippen LogP contribution in [-0.4, -0.2) is 22.3 Å². The number of aliphatic carboxylic acids is 1. The van der Waals surface area contributed by atoms with Crippen LogP contribution < -0.4 is 0 Å². The minimum atomic E-state index is -0.706. The Labute approximate surface area is 129 Å². The predicted molar refractivity (Wildman–Crippen MR) is 88.4 cm³/mol. The Bertz CT molecular complexity index is 295. The molecule has 0 fully saturated rings. The second-order valence-corrected chi connectivity index (χ2v) is 5.53. The molecule has 3 heteroatoms. The maximum atomic E-state index is 10.3. The van der Waals surface area contributed by atoms with Gasteiger partial charge < -0.3 is 10.2 Å². The summed E-state index contributed by atoms with van der Waals surface area (Å²) in [7, 11) is 0. The Hall–Kier alpha value is -1.09. The first-order valence-electron chi connectivity index (χ1n) is 8.38. The lowest BCUT2D eigenvalue weighted by molar-refractivity contribution is -0.137. The maximum absolute atomic E-state index is 10.3. The van der Waals surface area contributed by atoms with Crippen LogP contribution in [0.1, 0.15) is 77.6 Å². The summed E-state index contributed by atoms with van der Waals surface area (Å²) in [4.78, 5) is 10.3. The quantitative estimate of drug-likeness (QED) is 0.355. The van der Waals surface area contributed by atoms with Gasteiger partial charge in [0.2, 0.25) is 0 Å². The summed E-state index contributed by atoms with van der Waals surface area (Å²) in [5, 5.41) is 18.2. The highest BCUT2D eigenvalue weighted by Gasteiger charge is 1.97. The molecule has 0 bridgehead atoms. The number of aliphatic hydroxyl groups excluding tert-OH is 1. The largest absolute Gasteiger partial charge is 0.481 e. The summed E-state index contributed by atoms with van der Waals surface area (Å²) in [6.07, 6.45) is 18.5. The van der Waals surface area contributed by atoms with Gasteiger partial charge in [0.1, 0.15) is 0 Å². The first-order valence-corrected chi connectivity index (χ1v) is 8.38. The average Bonchev–Trinajstić information content (AvgIpc) is 2.44. The number of allylic oxidation sites excluding steroid dienone is 3. The van der Waals surface area contributed by atoms with Crippen LogP contribution in [0.25, 0.3) is 0 Å². The van der Waals surface area contributed by atoms with Crippen LogP contribution >= 0.6 is 0 Å². The Balaban J connectivity index is 3.35. The van der Waals surface area contributed by atoms with Gasteiger partial charge in [-0.15, -0.1) is 0 Å². The molecule has 0 aliphatic rings. The van der Waals surface area contributed by atoms with E-state index in [1.807, 2.05) is 6.08 Å². The molecule has 21 heavy (non-hydrogen) atoms. The van der Waals surface area contributed by atoms with E-state index in [-0.39, 0.29) is 12.5 Å². The number of carboxylic acid groups (broad SMARTS) is 1. The van der Waals surface area contributed by atoms with Gasteiger partial charge in [-0.05, 0) is 44.9 Å². The van der Waals surface area contributed by atoms with Crippen molar-refractivity contribution in [1.29, 1.82) is 0 Å². The first-order chi connectivity index (χ1) is 10.2. The molecule has 1 atom stereocenters. The monoisotopic (exact) mass is 296 g/mol. The second kappa shape index (κ2) is 15.3. The molecule has 0 aromatic rings. The van der Waals surface area contributed by atoms with Gasteiger partial charge in [-0.3, -0.25) is 4.79 Å². The van der Waals surface area contributed by atoms with Crippen molar-refractivity contribution in [3.05, 3.63) is 24.3 Å². The van der Waals surface area contributed by atoms with Crippen LogP contribution in [0.2, 0.25) is 0 Å². The molecule has 0 spiro atoms. The average molecular weight is 296 g/mol. The lowest BCUT2D eigenvalue weighted by Crippen LogP contribution is -2.01. The third-order valence-electron chi connectivity index (χ3n) is 3.38. The SMILES string of the molecule is CCCCC[C@H](O)C=CCCCC=CCCCCC(=O)O. The fourth-order valence-corrected chi connectivity index (χ4v) is 2.08. The fourth-order valence-electron chi connectivity index (χ4n) is 2.08. The van der Waals surface area contributed by atoms with E-state index in [9.17, 15) is 9.90 Å². The molecule has 2 N–H and O–H groups in total. The van der Waals surface area contributed by atoms with E-state index >= 15 is 0 Å². The lowest BCUT2D eigenvalue weighted by atomic mass is 10.1. The molecule has 0 amide bonds. The maximum Gasteiger partial charge on any atom is 0.303 e. The van der Waals surface area contributed by atoms with Gasteiger partial charge in [-0.25, -0.2) is 0 Å². The molecule has 0 aromatic carbocycles. The molecule has 0 saturated carbocycles. The number of hydrogen-bond acceptors (Lipinski definition) is 2. The predicted octanol–water partition coefficient (Wildman–Crippen LogP) is 4.86. The van der Waals surface area contributed by atoms with Crippen LogP contribution in [0.5, 0.6) is 0 Å². The molecule has 0 aliphatic carbocycles. The van der Waals surface area contributed by atoms with Gasteiger partial charge in [0, 0.05) is 6.42 Å². The van der Waals surface area contributed by atoms with Gasteiger partial charge in [0.15, 0.2) is 0 Å². The first kappa shape index (κ1) is 19.9. The van der Waals surface area contributed by atoms with Crippen molar-refractivity contribution in [1.82, 2.24) is 0 Å². The molecule has 3 nitrogen and oxygen atoms in total. The zero-order valence-corrected chi connectivity index (χ0v) is 13.5. The minimum absolute atomic E-state index is 0.277. The Morgan fingerprint density at radius 3 is 2.29 bits per heavy atom. The standard InChI is InChI=1S/C18H32O3/c1-2-3-11-14-17(19)15-12-9-7-5-4-6-8-10-13-16-18(20)21/h4,6,12,15,17,19H,2-3,5,7-11,13-14,16H2,1H3,(H,20,21)/t17-/m0/s1. The number of rotatable bonds is 14. The Kier molecular flexibility index (Phi) is 14.5. The molecule has 0 unspecified atom stereocenters. The van der Waals surface area contributed by atoms with Crippen molar-refractivity contribution >= 4 is 5.97 Å². The van der Waals surface area contributed by atoms with Gasteiger partial charge >= 0.3 is 5.97 Å². The highest BCUT2D eigenvalue weighted by atomic mass is 16.4. The molecular formula is C18H32O3. The number of carboxylic acids is 1. The summed E-state index contributed by atoms with van der Waals surface area (Å²) >= 11 is 0. The van der Waals surface area contributed by atoms with Crippen molar-refractivity contribution < 1.29 is 15.0 Å². The van der Waals surface area contributed by atoms with E-state index in [1.165, 1.54) is 12.8 Å². The Morgan fingerprint density at radius 1 is 0.952 bits per heavy atom. The van der Waals surface area contributed by atoms with Crippen LogP contribution in [0, 0.1) is 0 Å². The van der Waals surface area contributed by atoms with E-state index in [0.29, 0.717) is 0 Å². The molecule has 0 radical (unpaired) electrons. The third kappa shape index (κ3) is 16.9. The molecule has 0 saturated heterocycles. The topological polar surface area (TPSA) is 57.5 Å². The van der Waals surface area contributed by atoms with Crippen molar-refractivity contribution in [2.75, 3.05) is 0 Å². The van der Waals surface area contributed by atoms with E-state index < -0.39 is 5.97 Å². The van der Waals surface area contributed by atoms with Crippen LogP contribution in [0.4, 0.5) is 0 Å². The van der Waals surface area contributed by atoms with Crippen LogP contribution in [-0.2, 0) is 4.79 Å². The van der Waals surface area contributed by atoms with Gasteiger partial charge in [0.05, 0.1) is 6.10 Å². The van der Waals surface area contributed by atoms with Gasteiger partial charge in [-0.2, -0.15) is 0 Å². The molecule has 122 valence electrons. The number of carbonyl (C=O) groups is 1. The highest BCUT2D eigenvalue weighted by molar-refractivity contribution is 5.66. The lowest BCUT2D eigenvalue weighted by Gasteiger charge is -2.03. The van der Waals surface area contributed by atoms with Crippen LogP contribution in [0.15, 0.2) is 24.3 Å². The molecule has 0 aromatic heterocycles. The summed E-state index contributed by atoms with van der Waals surface area (Å²) in [5.41, 5.74) is 0. The van der Waals surface area contributed by atoms with Gasteiger partial charge in [-0.1, -0.05) is 50.5 Å². The summed E-state index contributed by atoms with van der Waals surface area (Å²) < 4.78 is 0. The smallest absolute Gasteiger partial charge is 0.303 e. The van der Waals surface area contributed by atoms with E-state index in [2.05, 4.69) is 25.2 Å². The highest BCUT2D eigenvalue weighted by Crippen LogP contribution is 2.06. The number of hydrogen-bond donors (Lipinski definition) is 2. The number of unbranched alkanes of at least 4 members (excludes halogenated alkanes) is 6. The zero-order chi connectivity index (χ0) is 15.8. The molecule has 0 rings (SSSR count). The van der Waals surface area contributed by atoms with Crippen molar-refractivity contribution in [2.24, 2.45) is 0 Å². The van der Waals surface area contributed by atoms with Crippen molar-refractivity contribution in [3.8, 4) is 0 Å². The fraction of sp³-hybridized carbons (Fsp3) is 0.722. The van der Waals surface area contributed by atoms with Crippen LogP contribution in [0.3, 0.4) is 0 Å². The Morgan fingerprint density at radius 2 is 1.62 bits per heavy atom. The zero-order valence-electron chi connectivity index (χ0n) is 13.5. The minimum Gasteiger partial charge on any atom is -0.481 e. The normalized spacial score (nSPS) is 13.2. The van der Waals surface area contributed by atoms with E-state index in [1.54, 1.807) is 0 Å². The summed E-state index contributed by atoms with van der Waals surface area (Å²) in [6.45, 7) is 2.17. The molecule has 0 heterocycles. The number of aliphatic hydroxyl groups is 1. The summed E-state index contributed by atoms with van der Waals surface area (Å²) in [6, 6.07) is 0. The van der Waals surface area contributed by atoms with E-state index in [4.69, 9.17) is 5.11 Å². The molecular weight excluding hydrogens is 264 g/mol. The summed E-state index contributed by atoms with van der Waals surface area (Å²) in [5.74, 6) is -0.706. The van der Waals surface area contributed by atoms with Crippen molar-refractivity contribution in [2.45, 2.75) is 83.7 Å². The van der Waals surface area contributed by atoms with Gasteiger partial charge in [0.25, 0.3) is 0 Å². The molecule has 0 aliphatic heterocycles. The van der Waals surface area contributed by atoms with E-state index in [0.717, 1.165) is 51.4 Å². The van der Waals surface area contributed by atoms with Crippen molar-refractivity contribution in [3.63, 3.8) is 0 Å². The second-order valence-electron chi connectivity index (χ2n) is 5.53. The third-order valence-corrected chi connectivity index (χ3v) is 3.38.